The number of benzene rings is 3. The summed E-state index contributed by atoms with van der Waals surface area (Å²) in [5.74, 6) is 0. The number of fused-ring (bicyclic) bond motifs is 2. The van der Waals surface area contributed by atoms with Crippen LogP contribution in [0.15, 0.2) is 78.9 Å². The Labute approximate surface area is 178 Å². The molecule has 152 valence electrons. The highest BCUT2D eigenvalue weighted by molar-refractivity contribution is 5.77. The third kappa shape index (κ3) is 3.19. The molecule has 3 aromatic carbocycles. The first-order valence-corrected chi connectivity index (χ1v) is 11.1. The number of amides is 2. The Morgan fingerprint density at radius 2 is 1.33 bits per heavy atom. The van der Waals surface area contributed by atoms with Gasteiger partial charge in [0.1, 0.15) is 0 Å². The molecule has 30 heavy (non-hydrogen) atoms. The molecule has 2 unspecified atom stereocenters. The van der Waals surface area contributed by atoms with Crippen molar-refractivity contribution in [1.82, 2.24) is 9.80 Å². The highest BCUT2D eigenvalue weighted by Crippen LogP contribution is 2.38. The van der Waals surface area contributed by atoms with Crippen LogP contribution in [-0.2, 0) is 12.8 Å². The molecule has 5 rings (SSSR count). The first-order valence-electron chi connectivity index (χ1n) is 11.1. The summed E-state index contributed by atoms with van der Waals surface area (Å²) in [5.41, 5.74) is 6.49. The van der Waals surface area contributed by atoms with Crippen LogP contribution in [0.4, 0.5) is 4.79 Å². The number of urea groups is 1. The molecule has 0 spiro atoms. The van der Waals surface area contributed by atoms with Crippen molar-refractivity contribution >= 4 is 6.03 Å². The summed E-state index contributed by atoms with van der Waals surface area (Å²) >= 11 is 0. The Kier molecular flexibility index (Phi) is 5.04. The van der Waals surface area contributed by atoms with E-state index in [2.05, 4.69) is 89.5 Å². The molecule has 2 aliphatic rings. The summed E-state index contributed by atoms with van der Waals surface area (Å²) in [5, 5.41) is 0. The van der Waals surface area contributed by atoms with E-state index in [0.717, 1.165) is 32.4 Å². The van der Waals surface area contributed by atoms with Crippen molar-refractivity contribution in [3.05, 3.63) is 107 Å². The van der Waals surface area contributed by atoms with Crippen molar-refractivity contribution in [1.29, 1.82) is 0 Å². The number of carbonyl (C=O) groups excluding carboxylic acids is 1. The zero-order chi connectivity index (χ0) is 20.5. The molecule has 3 nitrogen and oxygen atoms in total. The molecule has 2 amide bonds. The minimum Gasteiger partial charge on any atom is -0.317 e. The highest BCUT2D eigenvalue weighted by atomic mass is 16.2. The van der Waals surface area contributed by atoms with Gasteiger partial charge >= 0.3 is 6.03 Å². The molecule has 0 saturated carbocycles. The van der Waals surface area contributed by atoms with Gasteiger partial charge in [0, 0.05) is 13.1 Å². The Bertz CT molecular complexity index is 1050. The van der Waals surface area contributed by atoms with Crippen LogP contribution in [0.5, 0.6) is 0 Å². The lowest BCUT2D eigenvalue weighted by Gasteiger charge is -2.44. The lowest BCUT2D eigenvalue weighted by atomic mass is 9.87. The van der Waals surface area contributed by atoms with Gasteiger partial charge in [-0.3, -0.25) is 0 Å². The summed E-state index contributed by atoms with van der Waals surface area (Å²) in [4.78, 5) is 18.2. The minimum absolute atomic E-state index is 0.0293. The van der Waals surface area contributed by atoms with Crippen LogP contribution < -0.4 is 0 Å². The third-order valence-electron chi connectivity index (χ3n) is 6.69. The normalized spacial score (nSPS) is 20.4. The largest absolute Gasteiger partial charge is 0.321 e. The van der Waals surface area contributed by atoms with Gasteiger partial charge in [-0.2, -0.15) is 0 Å². The van der Waals surface area contributed by atoms with Gasteiger partial charge in [0.2, 0.25) is 0 Å². The van der Waals surface area contributed by atoms with E-state index in [4.69, 9.17) is 0 Å². The molecule has 0 N–H and O–H groups in total. The van der Waals surface area contributed by atoms with Crippen molar-refractivity contribution < 1.29 is 4.79 Å². The number of nitrogens with zero attached hydrogens (tertiary/aromatic N) is 2. The second kappa shape index (κ2) is 7.98. The molecule has 3 aromatic rings. The number of hydrogen-bond acceptors (Lipinski definition) is 1. The minimum atomic E-state index is -0.0293. The maximum atomic E-state index is 14.0. The zero-order valence-electron chi connectivity index (χ0n) is 17.5. The smallest absolute Gasteiger partial charge is 0.317 e. The lowest BCUT2D eigenvalue weighted by Crippen LogP contribution is -2.50. The molecule has 2 atom stereocenters. The van der Waals surface area contributed by atoms with Gasteiger partial charge in [-0.25, -0.2) is 4.79 Å². The SMILES string of the molecule is CCC1c2ccccc2CCN1C(=O)N1CCc2ccccc2C1c1ccccc1. The van der Waals surface area contributed by atoms with Crippen LogP contribution >= 0.6 is 0 Å². The Morgan fingerprint density at radius 3 is 2.03 bits per heavy atom. The third-order valence-corrected chi connectivity index (χ3v) is 6.69. The zero-order valence-corrected chi connectivity index (χ0v) is 17.5. The van der Waals surface area contributed by atoms with Crippen LogP contribution in [-0.4, -0.2) is 28.9 Å². The van der Waals surface area contributed by atoms with Gasteiger partial charge in [-0.05, 0) is 47.1 Å². The fraction of sp³-hybridized carbons (Fsp3) is 0.296. The van der Waals surface area contributed by atoms with E-state index in [1.165, 1.54) is 27.8 Å². The number of carbonyl (C=O) groups is 1. The van der Waals surface area contributed by atoms with Gasteiger partial charge in [-0.1, -0.05) is 85.8 Å². The highest BCUT2D eigenvalue weighted by Gasteiger charge is 2.37. The van der Waals surface area contributed by atoms with Crippen molar-refractivity contribution in [2.75, 3.05) is 13.1 Å². The Morgan fingerprint density at radius 1 is 0.767 bits per heavy atom. The summed E-state index contributed by atoms with van der Waals surface area (Å²) in [6, 6.07) is 28.0. The molecular weight excluding hydrogens is 368 g/mol. The average Bonchev–Trinajstić information content (AvgIpc) is 2.82. The first kappa shape index (κ1) is 18.9. The van der Waals surface area contributed by atoms with Gasteiger partial charge in [0.25, 0.3) is 0 Å². The molecule has 0 saturated heterocycles. The molecule has 2 heterocycles. The van der Waals surface area contributed by atoms with E-state index in [-0.39, 0.29) is 18.1 Å². The first-order chi connectivity index (χ1) is 14.8. The molecular formula is C27H28N2O. The van der Waals surface area contributed by atoms with Crippen LogP contribution in [0, 0.1) is 0 Å². The maximum Gasteiger partial charge on any atom is 0.321 e. The van der Waals surface area contributed by atoms with Crippen LogP contribution in [0.2, 0.25) is 0 Å². The fourth-order valence-electron chi connectivity index (χ4n) is 5.25. The van der Waals surface area contributed by atoms with Crippen LogP contribution in [0.1, 0.15) is 53.2 Å². The second-order valence-electron chi connectivity index (χ2n) is 8.30. The standard InChI is InChI=1S/C27H28N2O/c1-2-25-23-14-8-6-10-20(23)16-18-28(25)27(30)29-19-17-21-11-7-9-15-24(21)26(29)22-12-4-3-5-13-22/h3-15,25-26H,2,16-19H2,1H3. The number of hydrogen-bond donors (Lipinski definition) is 0. The Hall–Kier alpha value is -3.07. The molecule has 0 radical (unpaired) electrons. The van der Waals surface area contributed by atoms with Crippen molar-refractivity contribution in [2.24, 2.45) is 0 Å². The van der Waals surface area contributed by atoms with E-state index < -0.39 is 0 Å². The second-order valence-corrected chi connectivity index (χ2v) is 8.30. The molecule has 0 bridgehead atoms. The van der Waals surface area contributed by atoms with E-state index in [1.807, 2.05) is 6.07 Å². The van der Waals surface area contributed by atoms with Crippen molar-refractivity contribution in [3.63, 3.8) is 0 Å². The Balaban J connectivity index is 1.53. The van der Waals surface area contributed by atoms with Crippen LogP contribution in [0.3, 0.4) is 0 Å². The van der Waals surface area contributed by atoms with Crippen molar-refractivity contribution in [2.45, 2.75) is 38.3 Å². The molecule has 0 aromatic heterocycles. The topological polar surface area (TPSA) is 23.6 Å². The summed E-state index contributed by atoms with van der Waals surface area (Å²) in [6.45, 7) is 3.73. The fourth-order valence-corrected chi connectivity index (χ4v) is 5.25. The maximum absolute atomic E-state index is 14.0. The predicted octanol–water partition coefficient (Wildman–Crippen LogP) is 5.76. The number of rotatable bonds is 2. The van der Waals surface area contributed by atoms with Crippen molar-refractivity contribution in [3.8, 4) is 0 Å². The van der Waals surface area contributed by atoms with E-state index >= 15 is 0 Å². The summed E-state index contributed by atoms with van der Waals surface area (Å²) in [7, 11) is 0. The molecule has 3 heteroatoms. The molecule has 0 aliphatic carbocycles. The summed E-state index contributed by atoms with van der Waals surface area (Å²) in [6.07, 6.45) is 2.77. The average molecular weight is 397 g/mol. The van der Waals surface area contributed by atoms with Gasteiger partial charge in [0.05, 0.1) is 12.1 Å². The molecule has 0 fully saturated rings. The monoisotopic (exact) mass is 396 g/mol. The quantitative estimate of drug-likeness (QED) is 0.540. The van der Waals surface area contributed by atoms with E-state index in [1.54, 1.807) is 0 Å². The lowest BCUT2D eigenvalue weighted by molar-refractivity contribution is 0.114. The van der Waals surface area contributed by atoms with Crippen LogP contribution in [0.25, 0.3) is 0 Å². The predicted molar refractivity (Wildman–Crippen MR) is 120 cm³/mol. The van der Waals surface area contributed by atoms with E-state index in [9.17, 15) is 4.79 Å². The van der Waals surface area contributed by atoms with Gasteiger partial charge in [-0.15, -0.1) is 0 Å². The van der Waals surface area contributed by atoms with Gasteiger partial charge in [0.15, 0.2) is 0 Å². The van der Waals surface area contributed by atoms with E-state index in [0.29, 0.717) is 0 Å². The summed E-state index contributed by atoms with van der Waals surface area (Å²) < 4.78 is 0. The van der Waals surface area contributed by atoms with Gasteiger partial charge < -0.3 is 9.80 Å². The molecule has 2 aliphatic heterocycles.